The van der Waals surface area contributed by atoms with E-state index in [1.807, 2.05) is 4.72 Å². The van der Waals surface area contributed by atoms with Gasteiger partial charge in [0.1, 0.15) is 4.90 Å². The van der Waals surface area contributed by atoms with Crippen LogP contribution in [-0.4, -0.2) is 26.2 Å². The summed E-state index contributed by atoms with van der Waals surface area (Å²) in [6, 6.07) is 1.17. The molecule has 9 heteroatoms. The Balaban J connectivity index is 3.26. The zero-order valence-electron chi connectivity index (χ0n) is 9.70. The van der Waals surface area contributed by atoms with Crippen LogP contribution >= 0.6 is 11.6 Å². The number of benzene rings is 1. The first-order valence-corrected chi connectivity index (χ1v) is 6.94. The zero-order chi connectivity index (χ0) is 14.8. The van der Waals surface area contributed by atoms with Crippen LogP contribution in [0.3, 0.4) is 0 Å². The van der Waals surface area contributed by atoms with Gasteiger partial charge >= 0.3 is 6.18 Å². The minimum Gasteiger partial charge on any atom is -0.395 e. The molecule has 0 amide bonds. The zero-order valence-corrected chi connectivity index (χ0v) is 11.3. The van der Waals surface area contributed by atoms with Gasteiger partial charge in [0, 0.05) is 6.04 Å². The van der Waals surface area contributed by atoms with Crippen molar-refractivity contribution in [3.63, 3.8) is 0 Å². The maximum atomic E-state index is 12.5. The SMILES string of the molecule is C[C@@H](CO)NS(=O)(=O)c1cc(C(F)(F)F)ccc1Cl. The lowest BCUT2D eigenvalue weighted by molar-refractivity contribution is -0.137. The lowest BCUT2D eigenvalue weighted by Crippen LogP contribution is -2.35. The fourth-order valence-corrected chi connectivity index (χ4v) is 3.01. The number of aliphatic hydroxyl groups excluding tert-OH is 1. The second-order valence-electron chi connectivity index (χ2n) is 3.85. The van der Waals surface area contributed by atoms with E-state index in [1.165, 1.54) is 6.92 Å². The molecular formula is C10H11ClF3NO3S. The van der Waals surface area contributed by atoms with Crippen LogP contribution in [0.5, 0.6) is 0 Å². The Kier molecular flexibility index (Phi) is 4.83. The lowest BCUT2D eigenvalue weighted by atomic mass is 10.2. The molecule has 0 radical (unpaired) electrons. The largest absolute Gasteiger partial charge is 0.416 e. The molecule has 19 heavy (non-hydrogen) atoms. The summed E-state index contributed by atoms with van der Waals surface area (Å²) >= 11 is 5.61. The molecule has 0 unspecified atom stereocenters. The molecule has 0 aliphatic rings. The second-order valence-corrected chi connectivity index (χ2v) is 5.94. The molecule has 0 saturated heterocycles. The maximum absolute atomic E-state index is 12.5. The number of aliphatic hydroxyl groups is 1. The van der Waals surface area contributed by atoms with Crippen molar-refractivity contribution in [3.8, 4) is 0 Å². The third kappa shape index (κ3) is 4.07. The van der Waals surface area contributed by atoms with Gasteiger partial charge < -0.3 is 5.11 Å². The van der Waals surface area contributed by atoms with E-state index in [1.54, 1.807) is 0 Å². The molecule has 4 nitrogen and oxygen atoms in total. The molecule has 1 atom stereocenters. The van der Waals surface area contributed by atoms with Gasteiger partial charge in [-0.2, -0.15) is 13.2 Å². The van der Waals surface area contributed by atoms with Crippen LogP contribution < -0.4 is 4.72 Å². The van der Waals surface area contributed by atoms with Gasteiger partial charge in [0.05, 0.1) is 17.2 Å². The van der Waals surface area contributed by atoms with Crippen molar-refractivity contribution >= 4 is 21.6 Å². The molecule has 0 heterocycles. The fourth-order valence-electron chi connectivity index (χ4n) is 1.25. The second kappa shape index (κ2) is 5.66. The number of nitrogens with one attached hydrogen (secondary N) is 1. The van der Waals surface area contributed by atoms with E-state index in [9.17, 15) is 21.6 Å². The van der Waals surface area contributed by atoms with Crippen molar-refractivity contribution in [2.24, 2.45) is 0 Å². The van der Waals surface area contributed by atoms with Crippen molar-refractivity contribution in [3.05, 3.63) is 28.8 Å². The van der Waals surface area contributed by atoms with Gasteiger partial charge in [0.2, 0.25) is 10.0 Å². The van der Waals surface area contributed by atoms with E-state index >= 15 is 0 Å². The van der Waals surface area contributed by atoms with Crippen LogP contribution in [0.25, 0.3) is 0 Å². The van der Waals surface area contributed by atoms with Crippen LogP contribution in [0.15, 0.2) is 23.1 Å². The summed E-state index contributed by atoms with van der Waals surface area (Å²) in [5.74, 6) is 0. The summed E-state index contributed by atoms with van der Waals surface area (Å²) < 4.78 is 63.2. The predicted octanol–water partition coefficient (Wildman–Crippen LogP) is 2.02. The highest BCUT2D eigenvalue weighted by Crippen LogP contribution is 2.33. The van der Waals surface area contributed by atoms with E-state index < -0.39 is 39.3 Å². The first-order valence-electron chi connectivity index (χ1n) is 5.08. The molecule has 0 saturated carbocycles. The van der Waals surface area contributed by atoms with Crippen molar-refractivity contribution in [1.29, 1.82) is 0 Å². The standard InChI is InChI=1S/C10H11ClF3NO3S/c1-6(5-16)15-19(17,18)9-4-7(10(12,13)14)2-3-8(9)11/h2-4,6,15-16H,5H2,1H3/t6-/m0/s1. The predicted molar refractivity (Wildman–Crippen MR) is 63.3 cm³/mol. The summed E-state index contributed by atoms with van der Waals surface area (Å²) in [5, 5.41) is 8.43. The number of hydrogen-bond acceptors (Lipinski definition) is 3. The lowest BCUT2D eigenvalue weighted by Gasteiger charge is -2.14. The Morgan fingerprint density at radius 2 is 2.00 bits per heavy atom. The van der Waals surface area contributed by atoms with Crippen molar-refractivity contribution in [1.82, 2.24) is 4.72 Å². The minimum atomic E-state index is -4.67. The molecule has 0 aliphatic heterocycles. The Labute approximate surface area is 113 Å². The van der Waals surface area contributed by atoms with Crippen LogP contribution in [0.4, 0.5) is 13.2 Å². The molecule has 0 aliphatic carbocycles. The molecule has 1 aromatic rings. The number of hydrogen-bond donors (Lipinski definition) is 2. The van der Waals surface area contributed by atoms with Gasteiger partial charge in [-0.1, -0.05) is 11.6 Å². The van der Waals surface area contributed by atoms with Gasteiger partial charge in [-0.3, -0.25) is 0 Å². The van der Waals surface area contributed by atoms with Gasteiger partial charge in [0.25, 0.3) is 0 Å². The molecule has 0 aromatic heterocycles. The molecule has 0 spiro atoms. The van der Waals surface area contributed by atoms with Crippen molar-refractivity contribution in [2.75, 3.05) is 6.61 Å². The van der Waals surface area contributed by atoms with Crippen molar-refractivity contribution < 1.29 is 26.7 Å². The maximum Gasteiger partial charge on any atom is 0.416 e. The summed E-state index contributed by atoms with van der Waals surface area (Å²) in [6.45, 7) is 0.870. The van der Waals surface area contributed by atoms with Gasteiger partial charge in [-0.15, -0.1) is 0 Å². The summed E-state index contributed by atoms with van der Waals surface area (Å²) in [6.07, 6.45) is -4.67. The molecule has 108 valence electrons. The van der Waals surface area contributed by atoms with E-state index in [0.29, 0.717) is 12.1 Å². The third-order valence-electron chi connectivity index (χ3n) is 2.18. The molecule has 1 aromatic carbocycles. The molecule has 1 rings (SSSR count). The molecule has 0 fully saturated rings. The topological polar surface area (TPSA) is 66.4 Å². The van der Waals surface area contributed by atoms with Crippen LogP contribution in [0.1, 0.15) is 12.5 Å². The fraction of sp³-hybridized carbons (Fsp3) is 0.400. The van der Waals surface area contributed by atoms with Crippen LogP contribution in [-0.2, 0) is 16.2 Å². The average molecular weight is 318 g/mol. The normalized spacial score (nSPS) is 14.4. The smallest absolute Gasteiger partial charge is 0.395 e. The van der Waals surface area contributed by atoms with Crippen molar-refractivity contribution in [2.45, 2.75) is 24.0 Å². The number of alkyl halides is 3. The van der Waals surface area contributed by atoms with E-state index in [4.69, 9.17) is 16.7 Å². The molecule has 0 bridgehead atoms. The van der Waals surface area contributed by atoms with Crippen LogP contribution in [0.2, 0.25) is 5.02 Å². The quantitative estimate of drug-likeness (QED) is 0.893. The third-order valence-corrected chi connectivity index (χ3v) is 4.25. The summed E-state index contributed by atoms with van der Waals surface area (Å²) in [7, 11) is -4.23. The van der Waals surface area contributed by atoms with Gasteiger partial charge in [-0.25, -0.2) is 13.1 Å². The number of sulfonamides is 1. The monoisotopic (exact) mass is 317 g/mol. The van der Waals surface area contributed by atoms with Gasteiger partial charge in [-0.05, 0) is 25.1 Å². The summed E-state index contributed by atoms with van der Waals surface area (Å²) in [4.78, 5) is -0.677. The van der Waals surface area contributed by atoms with E-state index in [2.05, 4.69) is 0 Å². The number of rotatable bonds is 4. The van der Waals surface area contributed by atoms with Crippen LogP contribution in [0, 0.1) is 0 Å². The molecular weight excluding hydrogens is 307 g/mol. The molecule has 2 N–H and O–H groups in total. The highest BCUT2D eigenvalue weighted by molar-refractivity contribution is 7.89. The van der Waals surface area contributed by atoms with E-state index in [-0.39, 0.29) is 5.02 Å². The Bertz CT molecular complexity index is 560. The Morgan fingerprint density at radius 3 is 2.47 bits per heavy atom. The highest BCUT2D eigenvalue weighted by Gasteiger charge is 2.32. The number of halogens is 4. The average Bonchev–Trinajstić information content (AvgIpc) is 2.26. The van der Waals surface area contributed by atoms with Gasteiger partial charge in [0.15, 0.2) is 0 Å². The first kappa shape index (κ1) is 16.2. The Hall–Kier alpha value is -0.830. The first-order chi connectivity index (χ1) is 8.58. The van der Waals surface area contributed by atoms with E-state index in [0.717, 1.165) is 6.07 Å². The summed E-state index contributed by atoms with van der Waals surface area (Å²) in [5.41, 5.74) is -1.12. The minimum absolute atomic E-state index is 0.328. The highest BCUT2D eigenvalue weighted by atomic mass is 35.5. The Morgan fingerprint density at radius 1 is 1.42 bits per heavy atom.